The van der Waals surface area contributed by atoms with E-state index in [9.17, 15) is 9.18 Å². The first-order valence-electron chi connectivity index (χ1n) is 5.85. The Morgan fingerprint density at radius 3 is 2.83 bits per heavy atom. The molecular weight excluding hydrogens is 237 g/mol. The molecule has 2 N–H and O–H groups in total. The topological polar surface area (TPSA) is 61.5 Å². The molecule has 0 radical (unpaired) electrons. The summed E-state index contributed by atoms with van der Waals surface area (Å²) in [6, 6.07) is 3.58. The number of carbonyl (C=O) groups is 1. The van der Waals surface area contributed by atoms with E-state index >= 15 is 0 Å². The van der Waals surface area contributed by atoms with Gasteiger partial charge in [0.2, 0.25) is 0 Å². The van der Waals surface area contributed by atoms with Crippen molar-refractivity contribution in [3.8, 4) is 5.75 Å². The predicted molar refractivity (Wildman–Crippen MR) is 65.9 cm³/mol. The Hall–Kier alpha value is -1.62. The first-order chi connectivity index (χ1) is 8.54. The molecule has 0 saturated carbocycles. The molecule has 0 spiro atoms. The molecule has 0 heterocycles. The Kier molecular flexibility index (Phi) is 5.58. The van der Waals surface area contributed by atoms with Crippen molar-refractivity contribution in [3.63, 3.8) is 0 Å². The lowest BCUT2D eigenvalue weighted by atomic mass is 10.2. The van der Waals surface area contributed by atoms with Crippen molar-refractivity contribution >= 4 is 5.97 Å². The number of hydrogen-bond acceptors (Lipinski definition) is 4. The minimum absolute atomic E-state index is 0.284. The van der Waals surface area contributed by atoms with Crippen LogP contribution in [0, 0.1) is 12.7 Å². The number of rotatable bonds is 6. The molecule has 0 aliphatic carbocycles. The van der Waals surface area contributed by atoms with Crippen LogP contribution in [0.3, 0.4) is 0 Å². The Morgan fingerprint density at radius 2 is 2.22 bits per heavy atom. The molecule has 1 atom stereocenters. The number of carbonyl (C=O) groups excluding carboxylic acids is 1. The van der Waals surface area contributed by atoms with E-state index in [2.05, 4.69) is 0 Å². The van der Waals surface area contributed by atoms with E-state index in [0.29, 0.717) is 24.3 Å². The fourth-order valence-electron chi connectivity index (χ4n) is 1.44. The highest BCUT2D eigenvalue weighted by Gasteiger charge is 2.14. The van der Waals surface area contributed by atoms with E-state index in [0.717, 1.165) is 0 Å². The summed E-state index contributed by atoms with van der Waals surface area (Å²) < 4.78 is 23.1. The van der Waals surface area contributed by atoms with Crippen molar-refractivity contribution in [2.45, 2.75) is 26.3 Å². The van der Waals surface area contributed by atoms with Gasteiger partial charge in [0.25, 0.3) is 0 Å². The molecule has 0 saturated heterocycles. The normalized spacial score (nSPS) is 12.0. The lowest BCUT2D eigenvalue weighted by Crippen LogP contribution is -2.33. The molecule has 0 aliphatic heterocycles. The number of esters is 1. The molecule has 1 aromatic rings. The van der Waals surface area contributed by atoms with E-state index in [1.165, 1.54) is 12.1 Å². The van der Waals surface area contributed by atoms with Gasteiger partial charge in [-0.1, -0.05) is 0 Å². The van der Waals surface area contributed by atoms with Crippen molar-refractivity contribution in [2.24, 2.45) is 5.73 Å². The monoisotopic (exact) mass is 255 g/mol. The summed E-state index contributed by atoms with van der Waals surface area (Å²) in [6.07, 6.45) is 0.357. The highest BCUT2D eigenvalue weighted by atomic mass is 19.1. The fourth-order valence-corrected chi connectivity index (χ4v) is 1.44. The molecule has 0 aliphatic rings. The van der Waals surface area contributed by atoms with E-state index in [4.69, 9.17) is 15.2 Å². The van der Waals surface area contributed by atoms with Crippen LogP contribution in [0.25, 0.3) is 0 Å². The summed E-state index contributed by atoms with van der Waals surface area (Å²) >= 11 is 0. The van der Waals surface area contributed by atoms with E-state index in [1.54, 1.807) is 19.9 Å². The Morgan fingerprint density at radius 1 is 1.50 bits per heavy atom. The smallest absolute Gasteiger partial charge is 0.323 e. The maximum absolute atomic E-state index is 12.9. The lowest BCUT2D eigenvalue weighted by Gasteiger charge is -2.12. The van der Waals surface area contributed by atoms with Gasteiger partial charge in [0.1, 0.15) is 17.6 Å². The average Bonchev–Trinajstić information content (AvgIpc) is 2.32. The SMILES string of the molecule is CCOC(=O)C(N)CCOc1ccc(F)cc1C. The number of halogens is 1. The number of aryl methyl sites for hydroxylation is 1. The third kappa shape index (κ3) is 4.33. The molecular formula is C13H18FNO3. The maximum atomic E-state index is 12.9. The standard InChI is InChI=1S/C13H18FNO3/c1-3-17-13(16)11(15)6-7-18-12-5-4-10(14)8-9(12)2/h4-5,8,11H,3,6-7,15H2,1-2H3. The third-order valence-electron chi connectivity index (χ3n) is 2.41. The second kappa shape index (κ2) is 6.96. The van der Waals surface area contributed by atoms with Crippen molar-refractivity contribution in [1.82, 2.24) is 0 Å². The van der Waals surface area contributed by atoms with Crippen LogP contribution in [0.15, 0.2) is 18.2 Å². The van der Waals surface area contributed by atoms with Gasteiger partial charge in [0, 0.05) is 6.42 Å². The first-order valence-corrected chi connectivity index (χ1v) is 5.85. The summed E-state index contributed by atoms with van der Waals surface area (Å²) in [6.45, 7) is 4.07. The number of ether oxygens (including phenoxy) is 2. The highest BCUT2D eigenvalue weighted by molar-refractivity contribution is 5.75. The van der Waals surface area contributed by atoms with Crippen molar-refractivity contribution in [3.05, 3.63) is 29.6 Å². The fraction of sp³-hybridized carbons (Fsp3) is 0.462. The molecule has 0 bridgehead atoms. The van der Waals surface area contributed by atoms with Crippen LogP contribution in [0.2, 0.25) is 0 Å². The van der Waals surface area contributed by atoms with Gasteiger partial charge >= 0.3 is 5.97 Å². The van der Waals surface area contributed by atoms with Crippen LogP contribution < -0.4 is 10.5 Å². The van der Waals surface area contributed by atoms with Crippen molar-refractivity contribution in [1.29, 1.82) is 0 Å². The number of nitrogens with two attached hydrogens (primary N) is 1. The van der Waals surface area contributed by atoms with Gasteiger partial charge in [-0.05, 0) is 37.6 Å². The molecule has 1 aromatic carbocycles. The second-order valence-electron chi connectivity index (χ2n) is 3.91. The molecule has 1 unspecified atom stereocenters. The van der Waals surface area contributed by atoms with Crippen LogP contribution >= 0.6 is 0 Å². The van der Waals surface area contributed by atoms with Gasteiger partial charge in [-0.25, -0.2) is 4.39 Å². The maximum Gasteiger partial charge on any atom is 0.323 e. The van der Waals surface area contributed by atoms with Crippen LogP contribution in [-0.4, -0.2) is 25.2 Å². The van der Waals surface area contributed by atoms with E-state index < -0.39 is 12.0 Å². The molecule has 18 heavy (non-hydrogen) atoms. The molecule has 0 aromatic heterocycles. The van der Waals surface area contributed by atoms with Gasteiger partial charge in [0.05, 0.1) is 13.2 Å². The van der Waals surface area contributed by atoms with Gasteiger partial charge < -0.3 is 15.2 Å². The first kappa shape index (κ1) is 14.4. The molecule has 0 fully saturated rings. The summed E-state index contributed by atoms with van der Waals surface area (Å²) in [4.78, 5) is 11.2. The van der Waals surface area contributed by atoms with Crippen molar-refractivity contribution in [2.75, 3.05) is 13.2 Å². The third-order valence-corrected chi connectivity index (χ3v) is 2.41. The van der Waals surface area contributed by atoms with E-state index in [-0.39, 0.29) is 12.4 Å². The second-order valence-corrected chi connectivity index (χ2v) is 3.91. The van der Waals surface area contributed by atoms with Gasteiger partial charge in [-0.3, -0.25) is 4.79 Å². The summed E-state index contributed by atoms with van der Waals surface area (Å²) in [5.74, 6) is -0.146. The van der Waals surface area contributed by atoms with Crippen LogP contribution in [0.5, 0.6) is 5.75 Å². The lowest BCUT2D eigenvalue weighted by molar-refractivity contribution is -0.145. The Balaban J connectivity index is 2.39. The largest absolute Gasteiger partial charge is 0.493 e. The quantitative estimate of drug-likeness (QED) is 0.787. The zero-order valence-corrected chi connectivity index (χ0v) is 10.6. The Bertz CT molecular complexity index is 409. The summed E-state index contributed by atoms with van der Waals surface area (Å²) in [5, 5.41) is 0. The Labute approximate surface area is 106 Å². The van der Waals surface area contributed by atoms with E-state index in [1.807, 2.05) is 0 Å². The minimum atomic E-state index is -0.689. The molecule has 5 heteroatoms. The zero-order valence-electron chi connectivity index (χ0n) is 10.6. The van der Waals surface area contributed by atoms with Gasteiger partial charge in [0.15, 0.2) is 0 Å². The molecule has 1 rings (SSSR count). The average molecular weight is 255 g/mol. The van der Waals surface area contributed by atoms with Gasteiger partial charge in [-0.15, -0.1) is 0 Å². The highest BCUT2D eigenvalue weighted by Crippen LogP contribution is 2.18. The predicted octanol–water partition coefficient (Wildman–Crippen LogP) is 1.79. The molecule has 4 nitrogen and oxygen atoms in total. The molecule has 0 amide bonds. The van der Waals surface area contributed by atoms with Crippen LogP contribution in [0.1, 0.15) is 18.9 Å². The number of hydrogen-bond donors (Lipinski definition) is 1. The van der Waals surface area contributed by atoms with Gasteiger partial charge in [-0.2, -0.15) is 0 Å². The van der Waals surface area contributed by atoms with Crippen LogP contribution in [0.4, 0.5) is 4.39 Å². The van der Waals surface area contributed by atoms with Crippen LogP contribution in [-0.2, 0) is 9.53 Å². The summed E-state index contributed by atoms with van der Waals surface area (Å²) in [7, 11) is 0. The summed E-state index contributed by atoms with van der Waals surface area (Å²) in [5.41, 5.74) is 6.32. The number of benzene rings is 1. The molecule has 100 valence electrons. The van der Waals surface area contributed by atoms with Crippen molar-refractivity contribution < 1.29 is 18.7 Å². The zero-order chi connectivity index (χ0) is 13.5. The minimum Gasteiger partial charge on any atom is -0.493 e.